The van der Waals surface area contributed by atoms with Gasteiger partial charge in [0.25, 0.3) is 0 Å². The van der Waals surface area contributed by atoms with Crippen LogP contribution in [-0.4, -0.2) is 0 Å². The lowest BCUT2D eigenvalue weighted by Gasteiger charge is -2.15. The van der Waals surface area contributed by atoms with Gasteiger partial charge in [-0.3, -0.25) is 0 Å². The summed E-state index contributed by atoms with van der Waals surface area (Å²) in [5.41, 5.74) is 0. The Morgan fingerprint density at radius 1 is 0.762 bits per heavy atom. The monoisotopic (exact) mass is 308 g/mol. The molecule has 1 rings (SSSR count). The van der Waals surface area contributed by atoms with Gasteiger partial charge in [0.1, 0.15) is 0 Å². The van der Waals surface area contributed by atoms with Crippen LogP contribution in [0.4, 0.5) is 0 Å². The molecule has 1 heterocycles. The Labute approximate surface area is 137 Å². The van der Waals surface area contributed by atoms with E-state index in [1.54, 1.807) is 4.88 Å². The molecule has 0 aliphatic rings. The lowest BCUT2D eigenvalue weighted by molar-refractivity contribution is 0.496. The van der Waals surface area contributed by atoms with Gasteiger partial charge in [0.15, 0.2) is 0 Å². The number of rotatable bonds is 13. The molecule has 0 saturated carbocycles. The second kappa shape index (κ2) is 12.3. The highest BCUT2D eigenvalue weighted by Crippen LogP contribution is 2.33. The molecule has 1 aromatic heterocycles. The highest BCUT2D eigenvalue weighted by Gasteiger charge is 2.13. The van der Waals surface area contributed by atoms with Crippen LogP contribution in [0.2, 0.25) is 0 Å². The van der Waals surface area contributed by atoms with Crippen LogP contribution in [0.15, 0.2) is 12.1 Å². The Morgan fingerprint density at radius 2 is 1.29 bits per heavy atom. The summed E-state index contributed by atoms with van der Waals surface area (Å²) < 4.78 is 0. The summed E-state index contributed by atoms with van der Waals surface area (Å²) in [4.78, 5) is 3.13. The van der Waals surface area contributed by atoms with Crippen LogP contribution in [0.5, 0.6) is 0 Å². The zero-order chi connectivity index (χ0) is 15.3. The largest absolute Gasteiger partial charge is 0.145 e. The Kier molecular flexibility index (Phi) is 10.9. The van der Waals surface area contributed by atoms with Gasteiger partial charge < -0.3 is 0 Å². The van der Waals surface area contributed by atoms with Crippen molar-refractivity contribution in [3.63, 3.8) is 0 Å². The molecule has 1 unspecified atom stereocenters. The number of hydrogen-bond donors (Lipinski definition) is 0. The van der Waals surface area contributed by atoms with Crippen LogP contribution in [0.1, 0.15) is 107 Å². The first kappa shape index (κ1) is 18.7. The van der Waals surface area contributed by atoms with Crippen LogP contribution < -0.4 is 0 Å². The number of thiophene rings is 1. The molecule has 1 aromatic rings. The van der Waals surface area contributed by atoms with E-state index in [1.807, 2.05) is 11.3 Å². The predicted molar refractivity (Wildman–Crippen MR) is 98.5 cm³/mol. The smallest absolute Gasteiger partial charge is 0.00790 e. The van der Waals surface area contributed by atoms with Gasteiger partial charge in [-0.1, -0.05) is 78.1 Å². The van der Waals surface area contributed by atoms with Crippen LogP contribution in [-0.2, 0) is 0 Å². The molecular weight excluding hydrogens is 272 g/mol. The van der Waals surface area contributed by atoms with Crippen molar-refractivity contribution in [1.82, 2.24) is 0 Å². The fourth-order valence-electron chi connectivity index (χ4n) is 3.09. The minimum atomic E-state index is 0.840. The Bertz CT molecular complexity index is 339. The third-order valence-corrected chi connectivity index (χ3v) is 5.64. The van der Waals surface area contributed by atoms with Gasteiger partial charge in [-0.05, 0) is 37.8 Å². The van der Waals surface area contributed by atoms with Crippen LogP contribution in [0.25, 0.3) is 0 Å². The maximum Gasteiger partial charge on any atom is 0.00790 e. The van der Waals surface area contributed by atoms with Crippen molar-refractivity contribution in [1.29, 1.82) is 0 Å². The molecule has 0 aromatic carbocycles. The number of aryl methyl sites for hydroxylation is 1. The number of unbranched alkanes of at least 4 members (excludes halogenated alkanes) is 8. The van der Waals surface area contributed by atoms with Crippen molar-refractivity contribution >= 4 is 11.3 Å². The minimum absolute atomic E-state index is 0.840. The van der Waals surface area contributed by atoms with E-state index < -0.39 is 0 Å². The standard InChI is InChI=1S/C20H36S/c1-4-6-8-10-11-13-15-19(14-12-9-7-5-2)20-17-16-18(3)21-20/h16-17,19H,4-15H2,1-3H3. The van der Waals surface area contributed by atoms with Crippen molar-refractivity contribution < 1.29 is 0 Å². The summed E-state index contributed by atoms with van der Waals surface area (Å²) in [6.07, 6.45) is 17.0. The first-order valence-corrected chi connectivity index (χ1v) is 10.2. The highest BCUT2D eigenvalue weighted by atomic mass is 32.1. The van der Waals surface area contributed by atoms with Gasteiger partial charge in [0.05, 0.1) is 0 Å². The van der Waals surface area contributed by atoms with Gasteiger partial charge >= 0.3 is 0 Å². The molecule has 0 bridgehead atoms. The average Bonchev–Trinajstić information content (AvgIpc) is 2.91. The zero-order valence-corrected chi connectivity index (χ0v) is 15.4. The van der Waals surface area contributed by atoms with Gasteiger partial charge in [-0.25, -0.2) is 0 Å². The van der Waals surface area contributed by atoms with E-state index in [9.17, 15) is 0 Å². The first-order valence-electron chi connectivity index (χ1n) is 9.34. The van der Waals surface area contributed by atoms with Crippen molar-refractivity contribution in [3.8, 4) is 0 Å². The molecule has 122 valence electrons. The minimum Gasteiger partial charge on any atom is -0.145 e. The summed E-state index contributed by atoms with van der Waals surface area (Å²) in [5, 5.41) is 0. The van der Waals surface area contributed by atoms with Gasteiger partial charge in [0.2, 0.25) is 0 Å². The fourth-order valence-corrected chi connectivity index (χ4v) is 4.14. The molecule has 0 saturated heterocycles. The Morgan fingerprint density at radius 3 is 1.81 bits per heavy atom. The summed E-state index contributed by atoms with van der Waals surface area (Å²) in [5.74, 6) is 0.840. The van der Waals surface area contributed by atoms with Crippen molar-refractivity contribution in [2.24, 2.45) is 0 Å². The van der Waals surface area contributed by atoms with Crippen LogP contribution in [0.3, 0.4) is 0 Å². The van der Waals surface area contributed by atoms with Crippen LogP contribution in [0, 0.1) is 6.92 Å². The van der Waals surface area contributed by atoms with E-state index >= 15 is 0 Å². The molecule has 0 amide bonds. The van der Waals surface area contributed by atoms with E-state index in [4.69, 9.17) is 0 Å². The van der Waals surface area contributed by atoms with Crippen molar-refractivity contribution in [2.75, 3.05) is 0 Å². The van der Waals surface area contributed by atoms with Crippen molar-refractivity contribution in [3.05, 3.63) is 21.9 Å². The second-order valence-corrected chi connectivity index (χ2v) is 7.87. The van der Waals surface area contributed by atoms with E-state index in [1.165, 1.54) is 81.9 Å². The van der Waals surface area contributed by atoms with Gasteiger partial charge in [-0.15, -0.1) is 11.3 Å². The van der Waals surface area contributed by atoms with Crippen molar-refractivity contribution in [2.45, 2.75) is 104 Å². The fraction of sp³-hybridized carbons (Fsp3) is 0.800. The molecule has 0 radical (unpaired) electrons. The first-order chi connectivity index (χ1) is 10.3. The summed E-state index contributed by atoms with van der Waals surface area (Å²) >= 11 is 2.03. The lowest BCUT2D eigenvalue weighted by Crippen LogP contribution is -1.97. The SMILES string of the molecule is CCCCCCCCC(CCCCCC)c1ccc(C)s1. The maximum absolute atomic E-state index is 2.39. The number of hydrogen-bond acceptors (Lipinski definition) is 1. The molecule has 0 N–H and O–H groups in total. The van der Waals surface area contributed by atoms with Gasteiger partial charge in [0, 0.05) is 9.75 Å². The summed E-state index contributed by atoms with van der Waals surface area (Å²) in [7, 11) is 0. The molecular formula is C20H36S. The molecule has 1 heteroatoms. The normalized spacial score (nSPS) is 12.7. The predicted octanol–water partition coefficient (Wildman–Crippen LogP) is 7.86. The summed E-state index contributed by atoms with van der Waals surface area (Å²) in [6, 6.07) is 4.70. The Hall–Kier alpha value is -0.300. The topological polar surface area (TPSA) is 0 Å². The quantitative estimate of drug-likeness (QED) is 0.325. The third-order valence-electron chi connectivity index (χ3n) is 4.48. The second-order valence-electron chi connectivity index (χ2n) is 6.55. The van der Waals surface area contributed by atoms with Crippen LogP contribution >= 0.6 is 11.3 Å². The summed E-state index contributed by atoms with van der Waals surface area (Å²) in [6.45, 7) is 6.84. The van der Waals surface area contributed by atoms with E-state index in [0.717, 1.165) is 5.92 Å². The molecule has 0 aliphatic heterocycles. The molecule has 1 atom stereocenters. The van der Waals surface area contributed by atoms with E-state index in [2.05, 4.69) is 32.9 Å². The van der Waals surface area contributed by atoms with E-state index in [0.29, 0.717) is 0 Å². The van der Waals surface area contributed by atoms with Gasteiger partial charge in [-0.2, -0.15) is 0 Å². The highest BCUT2D eigenvalue weighted by molar-refractivity contribution is 7.12. The molecule has 0 spiro atoms. The molecule has 21 heavy (non-hydrogen) atoms. The Balaban J connectivity index is 2.30. The molecule has 0 nitrogen and oxygen atoms in total. The zero-order valence-electron chi connectivity index (χ0n) is 14.6. The third kappa shape index (κ3) is 8.66. The molecule has 0 aliphatic carbocycles. The van der Waals surface area contributed by atoms with E-state index in [-0.39, 0.29) is 0 Å². The lowest BCUT2D eigenvalue weighted by atomic mass is 9.93. The maximum atomic E-state index is 2.39. The average molecular weight is 309 g/mol. The molecule has 0 fully saturated rings.